The third-order valence-corrected chi connectivity index (χ3v) is 5.38. The van der Waals surface area contributed by atoms with Gasteiger partial charge in [-0.15, -0.1) is 0 Å². The second-order valence-corrected chi connectivity index (χ2v) is 6.98. The molecular formula is C24H14BO3. The quantitative estimate of drug-likeness (QED) is 0.421. The van der Waals surface area contributed by atoms with Gasteiger partial charge in [-0.1, -0.05) is 48.5 Å². The molecule has 0 saturated heterocycles. The molecule has 1 radical (unpaired) electrons. The van der Waals surface area contributed by atoms with E-state index in [0.29, 0.717) is 11.0 Å². The highest BCUT2D eigenvalue weighted by molar-refractivity contribution is 6.50. The van der Waals surface area contributed by atoms with E-state index in [-0.39, 0.29) is 0 Å². The van der Waals surface area contributed by atoms with E-state index in [1.807, 2.05) is 48.5 Å². The lowest BCUT2D eigenvalue weighted by molar-refractivity contribution is 0.613. The van der Waals surface area contributed by atoms with E-state index in [4.69, 9.17) is 8.83 Å². The van der Waals surface area contributed by atoms with Gasteiger partial charge in [0.15, 0.2) is 0 Å². The van der Waals surface area contributed by atoms with E-state index in [1.165, 1.54) is 0 Å². The van der Waals surface area contributed by atoms with Gasteiger partial charge in [-0.05, 0) is 46.9 Å². The van der Waals surface area contributed by atoms with Crippen LogP contribution in [-0.4, -0.2) is 12.5 Å². The zero-order valence-electron chi connectivity index (χ0n) is 14.8. The summed E-state index contributed by atoms with van der Waals surface area (Å²) in [6, 6.07) is 26.4. The van der Waals surface area contributed by atoms with E-state index in [0.717, 1.165) is 56.9 Å². The van der Waals surface area contributed by atoms with Gasteiger partial charge in [0.2, 0.25) is 0 Å². The molecule has 2 heterocycles. The topological polar surface area (TPSA) is 46.5 Å². The average molecular weight is 361 g/mol. The van der Waals surface area contributed by atoms with Crippen molar-refractivity contribution < 1.29 is 13.9 Å². The van der Waals surface area contributed by atoms with E-state index in [2.05, 4.69) is 30.3 Å². The van der Waals surface area contributed by atoms with Crippen LogP contribution in [0.5, 0.6) is 0 Å². The molecule has 0 spiro atoms. The number of rotatable bonds is 2. The smallest absolute Gasteiger partial charge is 0.330 e. The molecule has 0 bridgehead atoms. The van der Waals surface area contributed by atoms with Crippen LogP contribution in [0.15, 0.2) is 87.7 Å². The Morgan fingerprint density at radius 2 is 1.21 bits per heavy atom. The lowest BCUT2D eigenvalue weighted by Gasteiger charge is -2.02. The van der Waals surface area contributed by atoms with Crippen molar-refractivity contribution in [3.05, 3.63) is 78.9 Å². The third-order valence-electron chi connectivity index (χ3n) is 5.38. The molecule has 0 atom stereocenters. The largest absolute Gasteiger partial charge is 0.457 e. The standard InChI is InChI=1S/C24H14BO3/c26-25-20-6-3-5-17-19-13-15(9-11-23(19)28-24(17)20)14-8-10-22-18(12-14)16-4-1-2-7-21(16)27-22/h1-13,26H. The van der Waals surface area contributed by atoms with Crippen LogP contribution in [0.4, 0.5) is 0 Å². The van der Waals surface area contributed by atoms with E-state index >= 15 is 0 Å². The summed E-state index contributed by atoms with van der Waals surface area (Å²) < 4.78 is 11.9. The number of fused-ring (bicyclic) bond motifs is 6. The predicted octanol–water partition coefficient (Wildman–Crippen LogP) is 5.39. The molecule has 0 aliphatic heterocycles. The van der Waals surface area contributed by atoms with Crippen LogP contribution >= 0.6 is 0 Å². The molecule has 2 aromatic heterocycles. The highest BCUT2D eigenvalue weighted by atomic mass is 16.3. The predicted molar refractivity (Wildman–Crippen MR) is 114 cm³/mol. The minimum absolute atomic E-state index is 0.682. The molecule has 3 nitrogen and oxygen atoms in total. The van der Waals surface area contributed by atoms with Crippen LogP contribution in [0, 0.1) is 0 Å². The Balaban J connectivity index is 1.59. The van der Waals surface area contributed by atoms with Crippen LogP contribution < -0.4 is 5.46 Å². The zero-order chi connectivity index (χ0) is 18.7. The molecule has 4 heteroatoms. The van der Waals surface area contributed by atoms with Gasteiger partial charge in [-0.25, -0.2) is 0 Å². The fourth-order valence-electron chi connectivity index (χ4n) is 4.01. The Morgan fingerprint density at radius 1 is 0.571 bits per heavy atom. The zero-order valence-corrected chi connectivity index (χ0v) is 14.8. The molecule has 0 unspecified atom stereocenters. The molecule has 131 valence electrons. The number of hydrogen-bond acceptors (Lipinski definition) is 3. The first-order valence-electron chi connectivity index (χ1n) is 9.16. The van der Waals surface area contributed by atoms with Gasteiger partial charge in [-0.3, -0.25) is 0 Å². The van der Waals surface area contributed by atoms with Gasteiger partial charge in [-0.2, -0.15) is 0 Å². The first-order valence-corrected chi connectivity index (χ1v) is 9.16. The maximum atomic E-state index is 9.47. The van der Waals surface area contributed by atoms with E-state index < -0.39 is 0 Å². The van der Waals surface area contributed by atoms with Gasteiger partial charge in [0.1, 0.15) is 22.3 Å². The number of benzene rings is 4. The molecule has 0 aliphatic carbocycles. The van der Waals surface area contributed by atoms with Gasteiger partial charge in [0.05, 0.1) is 0 Å². The fourth-order valence-corrected chi connectivity index (χ4v) is 4.01. The van der Waals surface area contributed by atoms with Gasteiger partial charge in [0.25, 0.3) is 0 Å². The molecule has 1 N–H and O–H groups in total. The van der Waals surface area contributed by atoms with Crippen LogP contribution in [0.2, 0.25) is 0 Å². The van der Waals surface area contributed by atoms with E-state index in [9.17, 15) is 5.02 Å². The van der Waals surface area contributed by atoms with Crippen molar-refractivity contribution in [2.75, 3.05) is 0 Å². The molecule has 28 heavy (non-hydrogen) atoms. The van der Waals surface area contributed by atoms with Gasteiger partial charge >= 0.3 is 7.48 Å². The Hall–Kier alpha value is -3.50. The number of para-hydroxylation sites is 2. The van der Waals surface area contributed by atoms with Gasteiger partial charge in [0, 0.05) is 21.5 Å². The fraction of sp³-hybridized carbons (Fsp3) is 0. The van der Waals surface area contributed by atoms with Crippen molar-refractivity contribution in [3.63, 3.8) is 0 Å². The number of hydrogen-bond donors (Lipinski definition) is 1. The van der Waals surface area contributed by atoms with Crippen molar-refractivity contribution >= 4 is 56.8 Å². The Morgan fingerprint density at radius 3 is 2.00 bits per heavy atom. The summed E-state index contributed by atoms with van der Waals surface area (Å²) in [6.45, 7) is 0. The summed E-state index contributed by atoms with van der Waals surface area (Å²) in [4.78, 5) is 0. The molecule has 0 fully saturated rings. The maximum Gasteiger partial charge on any atom is 0.330 e. The lowest BCUT2D eigenvalue weighted by atomic mass is 9.87. The maximum absolute atomic E-state index is 9.47. The molecule has 0 amide bonds. The van der Waals surface area contributed by atoms with Crippen molar-refractivity contribution in [3.8, 4) is 11.1 Å². The van der Waals surface area contributed by atoms with Crippen molar-refractivity contribution in [2.45, 2.75) is 0 Å². The lowest BCUT2D eigenvalue weighted by Crippen LogP contribution is -2.12. The monoisotopic (exact) mass is 361 g/mol. The SMILES string of the molecule is O[B]c1cccc2c1oc1ccc(-c3ccc4oc5ccccc5c4c3)cc12. The Labute approximate surface area is 161 Å². The molecular weight excluding hydrogens is 347 g/mol. The second kappa shape index (κ2) is 5.75. The van der Waals surface area contributed by atoms with Gasteiger partial charge < -0.3 is 13.9 Å². The Kier molecular flexibility index (Phi) is 3.19. The minimum atomic E-state index is 0.682. The second-order valence-electron chi connectivity index (χ2n) is 6.98. The summed E-state index contributed by atoms with van der Waals surface area (Å²) in [5.41, 5.74) is 6.22. The van der Waals surface area contributed by atoms with Crippen molar-refractivity contribution in [1.29, 1.82) is 0 Å². The molecule has 4 aromatic carbocycles. The highest BCUT2D eigenvalue weighted by Crippen LogP contribution is 2.35. The summed E-state index contributed by atoms with van der Waals surface area (Å²) in [7, 11) is 1.09. The van der Waals surface area contributed by atoms with Crippen molar-refractivity contribution in [2.24, 2.45) is 0 Å². The van der Waals surface area contributed by atoms with Crippen LogP contribution in [0.3, 0.4) is 0 Å². The first-order chi connectivity index (χ1) is 13.8. The normalized spacial score (nSPS) is 11.8. The van der Waals surface area contributed by atoms with Crippen molar-refractivity contribution in [1.82, 2.24) is 0 Å². The molecule has 6 aromatic rings. The van der Waals surface area contributed by atoms with Crippen LogP contribution in [0.1, 0.15) is 0 Å². The van der Waals surface area contributed by atoms with Crippen LogP contribution in [0.25, 0.3) is 55.0 Å². The number of furan rings is 2. The van der Waals surface area contributed by atoms with Crippen LogP contribution in [-0.2, 0) is 0 Å². The van der Waals surface area contributed by atoms with E-state index in [1.54, 1.807) is 0 Å². The summed E-state index contributed by atoms with van der Waals surface area (Å²) in [5, 5.41) is 13.7. The first kappa shape index (κ1) is 15.6. The summed E-state index contributed by atoms with van der Waals surface area (Å²) in [5.74, 6) is 0. The molecule has 6 rings (SSSR count). The highest BCUT2D eigenvalue weighted by Gasteiger charge is 2.13. The summed E-state index contributed by atoms with van der Waals surface area (Å²) in [6.07, 6.45) is 0. The molecule has 0 aliphatic rings. The average Bonchev–Trinajstić information content (AvgIpc) is 3.30. The Bertz CT molecular complexity index is 1510. The minimum Gasteiger partial charge on any atom is -0.457 e. The third kappa shape index (κ3) is 2.15. The summed E-state index contributed by atoms with van der Waals surface area (Å²) >= 11 is 0. The molecule has 0 saturated carbocycles.